The molecule has 1 rings (SSSR count). The predicted octanol–water partition coefficient (Wildman–Crippen LogP) is 2.15. The summed E-state index contributed by atoms with van der Waals surface area (Å²) >= 11 is 0. The third-order valence-electron chi connectivity index (χ3n) is 1.83. The molecular formula is C14H18N2O3. The predicted molar refractivity (Wildman–Crippen MR) is 71.5 cm³/mol. The van der Waals surface area contributed by atoms with Crippen LogP contribution in [0.25, 0.3) is 0 Å². The molecule has 0 saturated carbocycles. The Bertz CT molecular complexity index is 455. The van der Waals surface area contributed by atoms with Crippen LogP contribution in [0.5, 0.6) is 0 Å². The van der Waals surface area contributed by atoms with Crippen molar-refractivity contribution in [1.82, 2.24) is 10.8 Å². The van der Waals surface area contributed by atoms with E-state index in [0.29, 0.717) is 6.61 Å². The van der Waals surface area contributed by atoms with Crippen LogP contribution in [0.15, 0.2) is 30.3 Å². The Morgan fingerprint density at radius 3 is 2.53 bits per heavy atom. The average molecular weight is 262 g/mol. The van der Waals surface area contributed by atoms with Gasteiger partial charge in [0.25, 0.3) is 0 Å². The lowest BCUT2D eigenvalue weighted by Gasteiger charge is -2.18. The van der Waals surface area contributed by atoms with Gasteiger partial charge in [-0.2, -0.15) is 0 Å². The molecule has 0 aliphatic rings. The van der Waals surface area contributed by atoms with Crippen molar-refractivity contribution < 1.29 is 14.4 Å². The number of alkyl carbamates (subject to hydrolysis) is 1. The van der Waals surface area contributed by atoms with Crippen LogP contribution in [0.2, 0.25) is 0 Å². The molecule has 0 heterocycles. The van der Waals surface area contributed by atoms with Gasteiger partial charge >= 0.3 is 6.09 Å². The molecule has 2 N–H and O–H groups in total. The van der Waals surface area contributed by atoms with Gasteiger partial charge in [-0.15, -0.1) is 0 Å². The summed E-state index contributed by atoms with van der Waals surface area (Å²) in [6, 6.07) is 14.5. The summed E-state index contributed by atoms with van der Waals surface area (Å²) in [6.45, 7) is 5.73. The van der Waals surface area contributed by atoms with Gasteiger partial charge in [-0.05, 0) is 26.3 Å². The smallest absolute Gasteiger partial charge is 0.419 e. The van der Waals surface area contributed by atoms with Gasteiger partial charge in [0.1, 0.15) is 12.2 Å². The molecule has 0 saturated heterocycles. The van der Waals surface area contributed by atoms with E-state index in [-0.39, 0.29) is 0 Å². The molecule has 0 radical (unpaired) electrons. The second-order valence-corrected chi connectivity index (χ2v) is 4.75. The van der Waals surface area contributed by atoms with Crippen molar-refractivity contribution in [2.24, 2.45) is 0 Å². The Labute approximate surface area is 113 Å². The Morgan fingerprint density at radius 1 is 1.21 bits per heavy atom. The van der Waals surface area contributed by atoms with Crippen LogP contribution in [-0.4, -0.2) is 11.7 Å². The van der Waals surface area contributed by atoms with E-state index < -0.39 is 11.7 Å². The normalized spacial score (nSPS) is 10.1. The average Bonchev–Trinajstić information content (AvgIpc) is 2.32. The van der Waals surface area contributed by atoms with E-state index in [9.17, 15) is 4.79 Å². The van der Waals surface area contributed by atoms with Crippen LogP contribution in [0, 0.1) is 12.1 Å². The Balaban J connectivity index is 2.17. The van der Waals surface area contributed by atoms with E-state index in [1.807, 2.05) is 30.3 Å². The molecule has 0 atom stereocenters. The lowest BCUT2D eigenvalue weighted by atomic mass is 10.2. The van der Waals surface area contributed by atoms with Crippen molar-refractivity contribution in [2.75, 3.05) is 0 Å². The van der Waals surface area contributed by atoms with Crippen LogP contribution >= 0.6 is 0 Å². The minimum atomic E-state index is -0.593. The fraction of sp³-hybridized carbons (Fsp3) is 0.357. The minimum absolute atomic E-state index is 0.391. The van der Waals surface area contributed by atoms with Gasteiger partial charge in [-0.3, -0.25) is 4.84 Å². The largest absolute Gasteiger partial charge is 0.443 e. The highest BCUT2D eigenvalue weighted by Gasteiger charge is 2.14. The van der Waals surface area contributed by atoms with Crippen LogP contribution in [-0.2, 0) is 16.2 Å². The maximum atomic E-state index is 11.2. The molecule has 5 nitrogen and oxygen atoms in total. The molecule has 0 aromatic heterocycles. The van der Waals surface area contributed by atoms with E-state index in [1.165, 1.54) is 0 Å². The molecule has 19 heavy (non-hydrogen) atoms. The van der Waals surface area contributed by atoms with Crippen molar-refractivity contribution in [1.29, 1.82) is 0 Å². The molecule has 1 aromatic rings. The molecule has 0 unspecified atom stereocenters. The zero-order valence-corrected chi connectivity index (χ0v) is 11.3. The number of benzene rings is 1. The second-order valence-electron chi connectivity index (χ2n) is 4.75. The summed E-state index contributed by atoms with van der Waals surface area (Å²) < 4.78 is 4.99. The molecule has 0 aliphatic carbocycles. The first kappa shape index (κ1) is 14.9. The van der Waals surface area contributed by atoms with Crippen molar-refractivity contribution in [3.8, 4) is 12.1 Å². The summed E-state index contributed by atoms with van der Waals surface area (Å²) in [4.78, 5) is 16.3. The van der Waals surface area contributed by atoms with Gasteiger partial charge in [-0.1, -0.05) is 30.3 Å². The number of ether oxygens (including phenoxy) is 1. The first-order valence-corrected chi connectivity index (χ1v) is 5.87. The van der Waals surface area contributed by atoms with Crippen molar-refractivity contribution >= 4 is 6.09 Å². The summed E-state index contributed by atoms with van der Waals surface area (Å²) in [5.74, 6) is 0. The van der Waals surface area contributed by atoms with Crippen LogP contribution in [0.1, 0.15) is 26.3 Å². The molecule has 0 spiro atoms. The number of rotatable bonds is 3. The first-order valence-electron chi connectivity index (χ1n) is 5.87. The summed E-state index contributed by atoms with van der Waals surface area (Å²) in [5, 5.41) is 2.27. The third-order valence-corrected chi connectivity index (χ3v) is 1.83. The number of hydroxylamine groups is 1. The van der Waals surface area contributed by atoms with Crippen molar-refractivity contribution in [3.63, 3.8) is 0 Å². The second kappa shape index (κ2) is 7.29. The van der Waals surface area contributed by atoms with Crippen molar-refractivity contribution in [3.05, 3.63) is 35.9 Å². The molecule has 102 valence electrons. The van der Waals surface area contributed by atoms with E-state index >= 15 is 0 Å². The van der Waals surface area contributed by atoms with Crippen molar-refractivity contribution in [2.45, 2.75) is 33.0 Å². The molecule has 0 aliphatic heterocycles. The van der Waals surface area contributed by atoms with Gasteiger partial charge in [0.2, 0.25) is 0 Å². The van der Waals surface area contributed by atoms with Gasteiger partial charge in [0, 0.05) is 6.04 Å². The third kappa shape index (κ3) is 7.68. The summed E-state index contributed by atoms with van der Waals surface area (Å²) in [5.41, 5.74) is 2.91. The van der Waals surface area contributed by atoms with Gasteiger partial charge in [0.15, 0.2) is 0 Å². The standard InChI is InChI=1S/C14H18N2O3/c1-14(2,3)19-13(17)15-9-10-16-18-11-12-7-5-4-6-8-12/h4-8,16H,11H2,1-3H3,(H,15,17). The molecule has 5 heteroatoms. The van der Waals surface area contributed by atoms with E-state index in [4.69, 9.17) is 9.57 Å². The first-order chi connectivity index (χ1) is 8.97. The van der Waals surface area contributed by atoms with Crippen LogP contribution < -0.4 is 10.8 Å². The van der Waals surface area contributed by atoms with E-state index in [2.05, 4.69) is 22.9 Å². The topological polar surface area (TPSA) is 59.6 Å². The maximum Gasteiger partial charge on any atom is 0.419 e. The van der Waals surface area contributed by atoms with Gasteiger partial charge in [-0.25, -0.2) is 15.6 Å². The van der Waals surface area contributed by atoms with Crippen LogP contribution in [0.3, 0.4) is 0 Å². The quantitative estimate of drug-likeness (QED) is 0.379. The zero-order chi connectivity index (χ0) is 14.1. The fourth-order valence-electron chi connectivity index (χ4n) is 1.14. The zero-order valence-electron chi connectivity index (χ0n) is 11.3. The lowest BCUT2D eigenvalue weighted by Crippen LogP contribution is -2.30. The highest BCUT2D eigenvalue weighted by molar-refractivity contribution is 5.69. The number of hydrogen-bond acceptors (Lipinski definition) is 4. The number of nitrogens with one attached hydrogen (secondary N) is 2. The van der Waals surface area contributed by atoms with E-state index in [0.717, 1.165) is 5.56 Å². The van der Waals surface area contributed by atoms with Crippen LogP contribution in [0.4, 0.5) is 4.79 Å². The van der Waals surface area contributed by atoms with Gasteiger partial charge < -0.3 is 4.74 Å². The SMILES string of the molecule is CC(C)(C)OC(=O)NC#CNOCc1ccccc1. The number of hydrogen-bond donors (Lipinski definition) is 2. The lowest BCUT2D eigenvalue weighted by molar-refractivity contribution is 0.0553. The molecule has 1 aromatic carbocycles. The molecule has 0 bridgehead atoms. The minimum Gasteiger partial charge on any atom is -0.443 e. The van der Waals surface area contributed by atoms with Gasteiger partial charge in [0.05, 0.1) is 6.04 Å². The number of carbonyl (C=O) groups excluding carboxylic acids is 1. The fourth-order valence-corrected chi connectivity index (χ4v) is 1.14. The number of amides is 1. The Morgan fingerprint density at radius 2 is 1.89 bits per heavy atom. The summed E-state index contributed by atoms with van der Waals surface area (Å²) in [7, 11) is 0. The number of carbonyl (C=O) groups is 1. The Kier molecular flexibility index (Phi) is 5.71. The Hall–Kier alpha value is -2.19. The van der Waals surface area contributed by atoms with E-state index in [1.54, 1.807) is 20.8 Å². The highest BCUT2D eigenvalue weighted by atomic mass is 16.6. The molecule has 0 fully saturated rings. The maximum absolute atomic E-state index is 11.2. The highest BCUT2D eigenvalue weighted by Crippen LogP contribution is 2.05. The molecule has 1 amide bonds. The monoisotopic (exact) mass is 262 g/mol. The summed E-state index contributed by atoms with van der Waals surface area (Å²) in [6.07, 6.45) is -0.593. The molecular weight excluding hydrogens is 244 g/mol.